The van der Waals surface area contributed by atoms with Crippen LogP contribution in [0, 0.1) is 5.92 Å². The Balaban J connectivity index is 1.56. The van der Waals surface area contributed by atoms with Gasteiger partial charge in [-0.15, -0.1) is 0 Å². The standard InChI is InChI=1S/C17H22N2O/c1-14-17-5-3-2-4-16(17)13-19(14)12-15-6-8-18(9-7-15)10-11-20/h2-5,11,15H,1,6-10,12-13H2. The van der Waals surface area contributed by atoms with Crippen LogP contribution in [0.25, 0.3) is 5.70 Å². The van der Waals surface area contributed by atoms with Gasteiger partial charge in [0, 0.05) is 24.4 Å². The molecule has 0 unspecified atom stereocenters. The van der Waals surface area contributed by atoms with E-state index in [0.29, 0.717) is 6.54 Å². The largest absolute Gasteiger partial charge is 0.367 e. The molecule has 3 heteroatoms. The van der Waals surface area contributed by atoms with E-state index >= 15 is 0 Å². The first-order valence-electron chi connectivity index (χ1n) is 7.46. The Bertz CT molecular complexity index is 503. The van der Waals surface area contributed by atoms with Gasteiger partial charge < -0.3 is 9.69 Å². The number of rotatable bonds is 4. The third-order valence-corrected chi connectivity index (χ3v) is 4.59. The minimum Gasteiger partial charge on any atom is -0.367 e. The first-order valence-corrected chi connectivity index (χ1v) is 7.46. The van der Waals surface area contributed by atoms with Crippen LogP contribution >= 0.6 is 0 Å². The van der Waals surface area contributed by atoms with Crippen molar-refractivity contribution in [1.82, 2.24) is 9.80 Å². The normalized spacial score (nSPS) is 20.2. The molecule has 0 amide bonds. The van der Waals surface area contributed by atoms with Gasteiger partial charge >= 0.3 is 0 Å². The van der Waals surface area contributed by atoms with E-state index in [1.165, 1.54) is 29.7 Å². The first-order chi connectivity index (χ1) is 9.78. The molecular weight excluding hydrogens is 248 g/mol. The van der Waals surface area contributed by atoms with Gasteiger partial charge in [0.15, 0.2) is 0 Å². The van der Waals surface area contributed by atoms with Gasteiger partial charge in [0.05, 0.1) is 6.54 Å². The van der Waals surface area contributed by atoms with Crippen LogP contribution < -0.4 is 0 Å². The SMILES string of the molecule is C=C1c2ccccc2CN1CC1CCN(CC=O)CC1. The number of aldehydes is 1. The lowest BCUT2D eigenvalue weighted by atomic mass is 9.96. The number of hydrogen-bond acceptors (Lipinski definition) is 3. The van der Waals surface area contributed by atoms with Crippen molar-refractivity contribution in [2.75, 3.05) is 26.2 Å². The molecule has 0 bridgehead atoms. The molecule has 1 aromatic rings. The van der Waals surface area contributed by atoms with Crippen LogP contribution in [0.4, 0.5) is 0 Å². The van der Waals surface area contributed by atoms with E-state index in [4.69, 9.17) is 0 Å². The second kappa shape index (κ2) is 5.80. The van der Waals surface area contributed by atoms with Crippen LogP contribution in [0.3, 0.4) is 0 Å². The zero-order valence-corrected chi connectivity index (χ0v) is 11.9. The van der Waals surface area contributed by atoms with Crippen LogP contribution in [0.1, 0.15) is 24.0 Å². The van der Waals surface area contributed by atoms with Gasteiger partial charge in [0.1, 0.15) is 6.29 Å². The monoisotopic (exact) mass is 270 g/mol. The maximum atomic E-state index is 10.5. The highest BCUT2D eigenvalue weighted by atomic mass is 16.1. The Kier molecular flexibility index (Phi) is 3.88. The number of carbonyl (C=O) groups is 1. The second-order valence-corrected chi connectivity index (χ2v) is 5.90. The summed E-state index contributed by atoms with van der Waals surface area (Å²) >= 11 is 0. The molecule has 0 N–H and O–H groups in total. The van der Waals surface area contributed by atoms with E-state index in [9.17, 15) is 4.79 Å². The van der Waals surface area contributed by atoms with Gasteiger partial charge in [-0.05, 0) is 37.4 Å². The highest BCUT2D eigenvalue weighted by Gasteiger charge is 2.26. The number of nitrogens with zero attached hydrogens (tertiary/aromatic N) is 2. The third kappa shape index (κ3) is 2.63. The van der Waals surface area contributed by atoms with Gasteiger partial charge in [-0.2, -0.15) is 0 Å². The van der Waals surface area contributed by atoms with Crippen molar-refractivity contribution >= 4 is 12.0 Å². The fraction of sp³-hybridized carbons (Fsp3) is 0.471. The predicted octanol–water partition coefficient (Wildman–Crippen LogP) is 2.38. The van der Waals surface area contributed by atoms with E-state index in [1.807, 2.05) is 0 Å². The van der Waals surface area contributed by atoms with E-state index in [0.717, 1.165) is 38.4 Å². The Morgan fingerprint density at radius 1 is 1.25 bits per heavy atom. The summed E-state index contributed by atoms with van der Waals surface area (Å²) < 4.78 is 0. The van der Waals surface area contributed by atoms with Crippen molar-refractivity contribution in [3.8, 4) is 0 Å². The summed E-state index contributed by atoms with van der Waals surface area (Å²) in [6.45, 7) is 9.06. The molecule has 0 aromatic heterocycles. The van der Waals surface area contributed by atoms with Crippen LogP contribution in [-0.2, 0) is 11.3 Å². The third-order valence-electron chi connectivity index (χ3n) is 4.59. The first kappa shape index (κ1) is 13.4. The summed E-state index contributed by atoms with van der Waals surface area (Å²) in [7, 11) is 0. The van der Waals surface area contributed by atoms with E-state index in [-0.39, 0.29) is 0 Å². The topological polar surface area (TPSA) is 23.6 Å². The number of likely N-dealkylation sites (tertiary alicyclic amines) is 1. The second-order valence-electron chi connectivity index (χ2n) is 5.90. The molecule has 2 aliphatic heterocycles. The van der Waals surface area contributed by atoms with Crippen molar-refractivity contribution in [3.05, 3.63) is 42.0 Å². The van der Waals surface area contributed by atoms with E-state index < -0.39 is 0 Å². The molecule has 1 aromatic carbocycles. The lowest BCUT2D eigenvalue weighted by Gasteiger charge is -2.33. The molecular formula is C17H22N2O. The average Bonchev–Trinajstić information content (AvgIpc) is 2.79. The number of piperidine rings is 1. The Morgan fingerprint density at radius 2 is 2.00 bits per heavy atom. The molecule has 106 valence electrons. The smallest absolute Gasteiger partial charge is 0.133 e. The molecule has 0 spiro atoms. The van der Waals surface area contributed by atoms with Gasteiger partial charge in [-0.1, -0.05) is 30.8 Å². The molecule has 1 saturated heterocycles. The Labute approximate surface area is 120 Å². The van der Waals surface area contributed by atoms with Crippen molar-refractivity contribution < 1.29 is 4.79 Å². The molecule has 0 atom stereocenters. The lowest BCUT2D eigenvalue weighted by Crippen LogP contribution is -2.38. The van der Waals surface area contributed by atoms with Crippen molar-refractivity contribution in [3.63, 3.8) is 0 Å². The Hall–Kier alpha value is -1.61. The highest BCUT2D eigenvalue weighted by molar-refractivity contribution is 5.68. The molecule has 0 aliphatic carbocycles. The van der Waals surface area contributed by atoms with E-state index in [1.54, 1.807) is 0 Å². The highest BCUT2D eigenvalue weighted by Crippen LogP contribution is 2.33. The molecule has 2 heterocycles. The quantitative estimate of drug-likeness (QED) is 0.785. The van der Waals surface area contributed by atoms with E-state index in [2.05, 4.69) is 40.6 Å². The molecule has 1 fully saturated rings. The average molecular weight is 270 g/mol. The minimum atomic E-state index is 0.592. The zero-order chi connectivity index (χ0) is 13.9. The number of benzene rings is 1. The van der Waals surface area contributed by atoms with Gasteiger partial charge in [0.25, 0.3) is 0 Å². The zero-order valence-electron chi connectivity index (χ0n) is 11.9. The molecule has 20 heavy (non-hydrogen) atoms. The molecule has 3 rings (SSSR count). The van der Waals surface area contributed by atoms with Crippen LogP contribution in [-0.4, -0.2) is 42.3 Å². The van der Waals surface area contributed by atoms with Gasteiger partial charge in [0.2, 0.25) is 0 Å². The number of carbonyl (C=O) groups excluding carboxylic acids is 1. The summed E-state index contributed by atoms with van der Waals surface area (Å²) in [5, 5.41) is 0. The molecule has 3 nitrogen and oxygen atoms in total. The lowest BCUT2D eigenvalue weighted by molar-refractivity contribution is -0.109. The summed E-state index contributed by atoms with van der Waals surface area (Å²) in [6.07, 6.45) is 3.39. The summed E-state index contributed by atoms with van der Waals surface area (Å²) in [5.41, 5.74) is 3.89. The maximum Gasteiger partial charge on any atom is 0.133 e. The van der Waals surface area contributed by atoms with Crippen LogP contribution in [0.2, 0.25) is 0 Å². The summed E-state index contributed by atoms with van der Waals surface area (Å²) in [6, 6.07) is 8.57. The maximum absolute atomic E-state index is 10.5. The predicted molar refractivity (Wildman–Crippen MR) is 81.1 cm³/mol. The van der Waals surface area contributed by atoms with Crippen LogP contribution in [0.5, 0.6) is 0 Å². The van der Waals surface area contributed by atoms with Crippen molar-refractivity contribution in [2.45, 2.75) is 19.4 Å². The Morgan fingerprint density at radius 3 is 2.70 bits per heavy atom. The number of hydrogen-bond donors (Lipinski definition) is 0. The summed E-state index contributed by atoms with van der Waals surface area (Å²) in [5.74, 6) is 0.726. The fourth-order valence-corrected chi connectivity index (χ4v) is 3.35. The molecule has 0 radical (unpaired) electrons. The molecule has 0 saturated carbocycles. The summed E-state index contributed by atoms with van der Waals surface area (Å²) in [4.78, 5) is 15.2. The van der Waals surface area contributed by atoms with Gasteiger partial charge in [-0.3, -0.25) is 4.90 Å². The fourth-order valence-electron chi connectivity index (χ4n) is 3.35. The number of fused-ring (bicyclic) bond motifs is 1. The van der Waals surface area contributed by atoms with Crippen molar-refractivity contribution in [1.29, 1.82) is 0 Å². The van der Waals surface area contributed by atoms with Gasteiger partial charge in [-0.25, -0.2) is 0 Å². The minimum absolute atomic E-state index is 0.592. The van der Waals surface area contributed by atoms with Crippen molar-refractivity contribution in [2.24, 2.45) is 5.92 Å². The van der Waals surface area contributed by atoms with Crippen LogP contribution in [0.15, 0.2) is 30.8 Å². The molecule has 2 aliphatic rings.